The molecule has 4 nitrogen and oxygen atoms in total. The molecule has 0 fully saturated rings. The van der Waals surface area contributed by atoms with Gasteiger partial charge in [0, 0.05) is 24.4 Å². The average Bonchev–Trinajstić information content (AvgIpc) is 2.48. The van der Waals surface area contributed by atoms with E-state index < -0.39 is 0 Å². The van der Waals surface area contributed by atoms with Gasteiger partial charge in [0.15, 0.2) is 0 Å². The number of nitrogens with two attached hydrogens (primary N) is 1. The molecular weight excluding hydrogens is 202 g/mol. The van der Waals surface area contributed by atoms with Crippen LogP contribution in [0.5, 0.6) is 0 Å². The molecule has 2 N–H and O–H groups in total. The monoisotopic (exact) mass is 225 g/mol. The molecule has 1 rings (SSSR count). The molecule has 0 radical (unpaired) electrons. The van der Waals surface area contributed by atoms with Crippen molar-refractivity contribution in [3.63, 3.8) is 0 Å². The van der Waals surface area contributed by atoms with E-state index in [1.165, 1.54) is 0 Å². The Kier molecular flexibility index (Phi) is 4.96. The number of nitrogens with zero attached hydrogens (tertiary/aromatic N) is 2. The van der Waals surface area contributed by atoms with Crippen molar-refractivity contribution in [1.82, 2.24) is 9.78 Å². The lowest BCUT2D eigenvalue weighted by molar-refractivity contribution is 0.100. The predicted molar refractivity (Wildman–Crippen MR) is 65.2 cm³/mol. The second-order valence-corrected chi connectivity index (χ2v) is 4.55. The molecule has 0 saturated carbocycles. The third-order valence-electron chi connectivity index (χ3n) is 2.63. The molecule has 1 heterocycles. The van der Waals surface area contributed by atoms with Crippen LogP contribution in [0.2, 0.25) is 0 Å². The van der Waals surface area contributed by atoms with Gasteiger partial charge in [0.05, 0.1) is 18.8 Å². The minimum absolute atomic E-state index is 0.560. The highest BCUT2D eigenvalue weighted by Gasteiger charge is 2.09. The topological polar surface area (TPSA) is 53.1 Å². The van der Waals surface area contributed by atoms with E-state index in [1.54, 1.807) is 0 Å². The third-order valence-corrected chi connectivity index (χ3v) is 2.63. The molecule has 0 unspecified atom stereocenters. The fourth-order valence-electron chi connectivity index (χ4n) is 1.72. The maximum absolute atomic E-state index is 5.67. The number of ether oxygens (including phenoxy) is 1. The minimum Gasteiger partial charge on any atom is -0.379 e. The Labute approximate surface area is 97.8 Å². The molecule has 0 atom stereocenters. The summed E-state index contributed by atoms with van der Waals surface area (Å²) in [5.74, 6) is 0.583. The summed E-state index contributed by atoms with van der Waals surface area (Å²) in [7, 11) is 0. The van der Waals surface area contributed by atoms with Crippen LogP contribution in [0.1, 0.15) is 30.8 Å². The Morgan fingerprint density at radius 3 is 2.56 bits per heavy atom. The summed E-state index contributed by atoms with van der Waals surface area (Å²) in [6, 6.07) is 0. The van der Waals surface area contributed by atoms with Crippen molar-refractivity contribution in [3.8, 4) is 0 Å². The molecule has 0 saturated heterocycles. The van der Waals surface area contributed by atoms with Gasteiger partial charge in [-0.25, -0.2) is 0 Å². The van der Waals surface area contributed by atoms with Crippen LogP contribution in [-0.4, -0.2) is 23.0 Å². The van der Waals surface area contributed by atoms with E-state index in [4.69, 9.17) is 10.5 Å². The van der Waals surface area contributed by atoms with Gasteiger partial charge in [-0.1, -0.05) is 13.8 Å². The first-order valence-electron chi connectivity index (χ1n) is 5.87. The summed E-state index contributed by atoms with van der Waals surface area (Å²) < 4.78 is 7.53. The number of hydrogen-bond acceptors (Lipinski definition) is 3. The molecule has 1 aromatic heterocycles. The Bertz CT molecular complexity index is 331. The first-order chi connectivity index (χ1) is 7.56. The van der Waals surface area contributed by atoms with Gasteiger partial charge in [0.1, 0.15) is 0 Å². The summed E-state index contributed by atoms with van der Waals surface area (Å²) in [6.07, 6.45) is 0. The van der Waals surface area contributed by atoms with Crippen molar-refractivity contribution in [1.29, 1.82) is 0 Å². The van der Waals surface area contributed by atoms with Crippen LogP contribution in [-0.2, 0) is 17.8 Å². The van der Waals surface area contributed by atoms with Crippen LogP contribution in [0, 0.1) is 19.8 Å². The summed E-state index contributed by atoms with van der Waals surface area (Å²) in [5, 5.41) is 4.45. The molecule has 0 bridgehead atoms. The Morgan fingerprint density at radius 1 is 1.38 bits per heavy atom. The zero-order valence-electron chi connectivity index (χ0n) is 10.8. The Balaban J connectivity index is 2.48. The second kappa shape index (κ2) is 6.01. The van der Waals surface area contributed by atoms with E-state index in [1.807, 2.05) is 11.6 Å². The SMILES string of the molecule is Cc1nn(CCOCC(C)C)c(C)c1CN. The van der Waals surface area contributed by atoms with Gasteiger partial charge in [0.25, 0.3) is 0 Å². The van der Waals surface area contributed by atoms with Gasteiger partial charge >= 0.3 is 0 Å². The van der Waals surface area contributed by atoms with Crippen molar-refractivity contribution in [2.45, 2.75) is 40.8 Å². The van der Waals surface area contributed by atoms with Gasteiger partial charge in [-0.2, -0.15) is 5.10 Å². The fraction of sp³-hybridized carbons (Fsp3) is 0.750. The molecule has 0 amide bonds. The van der Waals surface area contributed by atoms with Gasteiger partial charge in [-0.15, -0.1) is 0 Å². The highest BCUT2D eigenvalue weighted by Crippen LogP contribution is 2.11. The number of hydrogen-bond donors (Lipinski definition) is 1. The summed E-state index contributed by atoms with van der Waals surface area (Å²) in [5.41, 5.74) is 9.02. The molecule has 0 spiro atoms. The standard InChI is InChI=1S/C12H23N3O/c1-9(2)8-16-6-5-15-11(4)12(7-13)10(3)14-15/h9H,5-8,13H2,1-4H3. The zero-order valence-corrected chi connectivity index (χ0v) is 10.8. The summed E-state index contributed by atoms with van der Waals surface area (Å²) >= 11 is 0. The molecule has 16 heavy (non-hydrogen) atoms. The van der Waals surface area contributed by atoms with E-state index >= 15 is 0 Å². The quantitative estimate of drug-likeness (QED) is 0.749. The lowest BCUT2D eigenvalue weighted by Gasteiger charge is -2.08. The van der Waals surface area contributed by atoms with Crippen LogP contribution in [0.15, 0.2) is 0 Å². The molecule has 1 aromatic rings. The van der Waals surface area contributed by atoms with Gasteiger partial charge in [-0.3, -0.25) is 4.68 Å². The second-order valence-electron chi connectivity index (χ2n) is 4.55. The molecule has 92 valence electrons. The van der Waals surface area contributed by atoms with E-state index in [9.17, 15) is 0 Å². The zero-order chi connectivity index (χ0) is 12.1. The van der Waals surface area contributed by atoms with Crippen LogP contribution in [0.25, 0.3) is 0 Å². The lowest BCUT2D eigenvalue weighted by atomic mass is 10.2. The van der Waals surface area contributed by atoms with Crippen molar-refractivity contribution >= 4 is 0 Å². The smallest absolute Gasteiger partial charge is 0.0662 e. The van der Waals surface area contributed by atoms with Crippen molar-refractivity contribution < 1.29 is 4.74 Å². The maximum atomic E-state index is 5.67. The first-order valence-corrected chi connectivity index (χ1v) is 5.87. The number of rotatable bonds is 6. The third kappa shape index (κ3) is 3.32. The van der Waals surface area contributed by atoms with Gasteiger partial charge in [-0.05, 0) is 19.8 Å². The van der Waals surface area contributed by atoms with E-state index in [2.05, 4.69) is 25.9 Å². The summed E-state index contributed by atoms with van der Waals surface area (Å²) in [6.45, 7) is 11.2. The molecule has 0 aromatic carbocycles. The van der Waals surface area contributed by atoms with Crippen LogP contribution < -0.4 is 5.73 Å². The van der Waals surface area contributed by atoms with Crippen LogP contribution in [0.4, 0.5) is 0 Å². The maximum Gasteiger partial charge on any atom is 0.0662 e. The average molecular weight is 225 g/mol. The van der Waals surface area contributed by atoms with E-state index in [0.29, 0.717) is 19.1 Å². The van der Waals surface area contributed by atoms with Crippen LogP contribution in [0.3, 0.4) is 0 Å². The summed E-state index contributed by atoms with van der Waals surface area (Å²) in [4.78, 5) is 0. The van der Waals surface area contributed by atoms with Gasteiger partial charge < -0.3 is 10.5 Å². The minimum atomic E-state index is 0.560. The largest absolute Gasteiger partial charge is 0.379 e. The van der Waals surface area contributed by atoms with Gasteiger partial charge in [0.2, 0.25) is 0 Å². The predicted octanol–water partition coefficient (Wildman–Crippen LogP) is 1.63. The molecule has 0 aliphatic heterocycles. The number of aromatic nitrogens is 2. The first kappa shape index (κ1) is 13.2. The van der Waals surface area contributed by atoms with E-state index in [-0.39, 0.29) is 0 Å². The van der Waals surface area contributed by atoms with Crippen LogP contribution >= 0.6 is 0 Å². The molecule has 0 aliphatic carbocycles. The highest BCUT2D eigenvalue weighted by atomic mass is 16.5. The molecular formula is C12H23N3O. The lowest BCUT2D eigenvalue weighted by Crippen LogP contribution is -2.12. The Morgan fingerprint density at radius 2 is 2.06 bits per heavy atom. The van der Waals surface area contributed by atoms with Crippen molar-refractivity contribution in [2.24, 2.45) is 11.7 Å². The molecule has 0 aliphatic rings. The Hall–Kier alpha value is -0.870. The van der Waals surface area contributed by atoms with Crippen molar-refractivity contribution in [2.75, 3.05) is 13.2 Å². The molecule has 4 heteroatoms. The fourth-order valence-corrected chi connectivity index (χ4v) is 1.72. The van der Waals surface area contributed by atoms with E-state index in [0.717, 1.165) is 30.1 Å². The normalized spacial score (nSPS) is 11.4. The highest BCUT2D eigenvalue weighted by molar-refractivity contribution is 5.23. The van der Waals surface area contributed by atoms with Crippen molar-refractivity contribution in [3.05, 3.63) is 17.0 Å². The number of aryl methyl sites for hydroxylation is 1.